The molecule has 1 aromatic carbocycles. The van der Waals surface area contributed by atoms with Gasteiger partial charge < -0.3 is 15.7 Å². The number of thiophene rings is 1. The van der Waals surface area contributed by atoms with E-state index in [0.717, 1.165) is 72.9 Å². The molecule has 11 heteroatoms. The number of carboxylic acid groups (broad SMARTS) is 1. The number of rotatable bonds is 10. The van der Waals surface area contributed by atoms with Crippen LogP contribution < -0.4 is 15.4 Å². The van der Waals surface area contributed by atoms with Crippen LogP contribution in [0, 0.1) is 5.92 Å². The van der Waals surface area contributed by atoms with Gasteiger partial charge in [-0.1, -0.05) is 24.3 Å². The van der Waals surface area contributed by atoms with Crippen LogP contribution in [-0.4, -0.2) is 42.3 Å². The zero-order valence-electron chi connectivity index (χ0n) is 23.1. The number of nitrogens with zero attached hydrogens (tertiary/aromatic N) is 1. The van der Waals surface area contributed by atoms with Crippen LogP contribution >= 0.6 is 11.3 Å². The van der Waals surface area contributed by atoms with E-state index in [-0.39, 0.29) is 23.6 Å². The highest BCUT2D eigenvalue weighted by atomic mass is 32.2. The predicted molar refractivity (Wildman–Crippen MR) is 161 cm³/mol. The standard InChI is InChI=1S/C30H36N4O5S2/c1-2-41(38,39)34-24-10-4-20(5-11-24)16-27(35)32-25-17-26(22-12-15-40-19-22)28(31-18-25)21-6-8-23(9-7-21)30(13-3-14-30)33-29(36)37/h6-9,12,15,17-20,24,33-34H,2-5,10-11,13-14,16H2,1H3,(H,32,35)(H,36,37)/t20-,24-. The van der Waals surface area contributed by atoms with Crippen molar-refractivity contribution in [2.24, 2.45) is 5.92 Å². The summed E-state index contributed by atoms with van der Waals surface area (Å²) in [6.07, 6.45) is 6.69. The Balaban J connectivity index is 1.27. The molecule has 0 radical (unpaired) electrons. The molecule has 2 fully saturated rings. The maximum atomic E-state index is 12.9. The topological polar surface area (TPSA) is 137 Å². The molecule has 0 bridgehead atoms. The molecule has 2 aromatic heterocycles. The fourth-order valence-electron chi connectivity index (χ4n) is 5.86. The second-order valence-electron chi connectivity index (χ2n) is 11.1. The number of anilines is 1. The molecule has 0 saturated heterocycles. The van der Waals surface area contributed by atoms with Crippen LogP contribution in [0.15, 0.2) is 53.4 Å². The van der Waals surface area contributed by atoms with Crippen molar-refractivity contribution in [1.82, 2.24) is 15.0 Å². The first-order valence-corrected chi connectivity index (χ1v) is 16.7. The van der Waals surface area contributed by atoms with Gasteiger partial charge in [0.25, 0.3) is 0 Å². The number of hydrogen-bond acceptors (Lipinski definition) is 6. The van der Waals surface area contributed by atoms with Gasteiger partial charge in [0.05, 0.1) is 28.9 Å². The van der Waals surface area contributed by atoms with Gasteiger partial charge in [-0.2, -0.15) is 11.3 Å². The molecule has 5 rings (SSSR count). The molecule has 2 heterocycles. The largest absolute Gasteiger partial charge is 0.465 e. The molecule has 4 N–H and O–H groups in total. The molecule has 2 aliphatic carbocycles. The van der Waals surface area contributed by atoms with Crippen molar-refractivity contribution in [2.45, 2.75) is 69.9 Å². The van der Waals surface area contributed by atoms with E-state index in [2.05, 4.69) is 15.4 Å². The molecule has 3 aromatic rings. The predicted octanol–water partition coefficient (Wildman–Crippen LogP) is 5.95. The van der Waals surface area contributed by atoms with Crippen LogP contribution in [0.5, 0.6) is 0 Å². The third-order valence-corrected chi connectivity index (χ3v) is 10.5. The van der Waals surface area contributed by atoms with Gasteiger partial charge in [0.2, 0.25) is 15.9 Å². The monoisotopic (exact) mass is 596 g/mol. The van der Waals surface area contributed by atoms with Gasteiger partial charge in [-0.15, -0.1) is 0 Å². The summed E-state index contributed by atoms with van der Waals surface area (Å²) in [5.41, 5.74) is 4.66. The summed E-state index contributed by atoms with van der Waals surface area (Å²) in [6, 6.07) is 11.8. The van der Waals surface area contributed by atoms with E-state index in [4.69, 9.17) is 4.98 Å². The van der Waals surface area contributed by atoms with Crippen molar-refractivity contribution in [2.75, 3.05) is 11.1 Å². The minimum Gasteiger partial charge on any atom is -0.465 e. The van der Waals surface area contributed by atoms with Crippen molar-refractivity contribution in [1.29, 1.82) is 0 Å². The summed E-state index contributed by atoms with van der Waals surface area (Å²) >= 11 is 1.59. The van der Waals surface area contributed by atoms with Gasteiger partial charge in [0.1, 0.15) is 0 Å². The molecule has 2 saturated carbocycles. The van der Waals surface area contributed by atoms with Crippen LogP contribution in [0.4, 0.5) is 10.5 Å². The van der Waals surface area contributed by atoms with Crippen LogP contribution in [0.1, 0.15) is 63.9 Å². The van der Waals surface area contributed by atoms with Crippen LogP contribution in [-0.2, 0) is 20.4 Å². The number of carbonyl (C=O) groups excluding carboxylic acids is 1. The molecular formula is C30H36N4O5S2. The Bertz CT molecular complexity index is 1480. The third-order valence-electron chi connectivity index (χ3n) is 8.31. The quantitative estimate of drug-likeness (QED) is 0.228. The lowest BCUT2D eigenvalue weighted by atomic mass is 9.71. The number of aromatic nitrogens is 1. The molecular weight excluding hydrogens is 560 g/mol. The lowest BCUT2D eigenvalue weighted by Gasteiger charge is -2.42. The van der Waals surface area contributed by atoms with E-state index in [0.29, 0.717) is 12.1 Å². The Morgan fingerprint density at radius 3 is 2.39 bits per heavy atom. The van der Waals surface area contributed by atoms with Gasteiger partial charge in [-0.3, -0.25) is 9.78 Å². The first-order chi connectivity index (χ1) is 19.7. The van der Waals surface area contributed by atoms with Gasteiger partial charge in [-0.05, 0) is 91.8 Å². The van der Waals surface area contributed by atoms with Gasteiger partial charge in [0, 0.05) is 23.6 Å². The second-order valence-corrected chi connectivity index (χ2v) is 13.9. The summed E-state index contributed by atoms with van der Waals surface area (Å²) in [5.74, 6) is 0.217. The zero-order chi connectivity index (χ0) is 29.0. The summed E-state index contributed by atoms with van der Waals surface area (Å²) in [7, 11) is -3.22. The number of hydrogen-bond donors (Lipinski definition) is 4. The first kappa shape index (κ1) is 29.2. The molecule has 9 nitrogen and oxygen atoms in total. The Hall–Kier alpha value is -3.28. The van der Waals surface area contributed by atoms with E-state index in [1.807, 2.05) is 47.2 Å². The number of pyridine rings is 1. The normalized spacial score (nSPS) is 20.1. The molecule has 0 atom stereocenters. The molecule has 2 amide bonds. The fraction of sp³-hybridized carbons (Fsp3) is 0.433. The van der Waals surface area contributed by atoms with E-state index in [9.17, 15) is 23.1 Å². The summed E-state index contributed by atoms with van der Waals surface area (Å²) in [6.45, 7) is 1.63. The molecule has 0 unspecified atom stereocenters. The second kappa shape index (κ2) is 12.3. The van der Waals surface area contributed by atoms with Crippen molar-refractivity contribution >= 4 is 39.0 Å². The number of amides is 2. The van der Waals surface area contributed by atoms with Gasteiger partial charge >= 0.3 is 6.09 Å². The first-order valence-electron chi connectivity index (χ1n) is 14.1. The Labute approximate surface area is 244 Å². The molecule has 0 aliphatic heterocycles. The molecule has 41 heavy (non-hydrogen) atoms. The van der Waals surface area contributed by atoms with Crippen molar-refractivity contribution in [3.05, 3.63) is 58.9 Å². The highest BCUT2D eigenvalue weighted by molar-refractivity contribution is 7.89. The smallest absolute Gasteiger partial charge is 0.405 e. The third kappa shape index (κ3) is 6.97. The van der Waals surface area contributed by atoms with Crippen molar-refractivity contribution in [3.63, 3.8) is 0 Å². The minimum atomic E-state index is -3.22. The Kier molecular flexibility index (Phi) is 8.77. The SMILES string of the molecule is CCS(=O)(=O)N[C@H]1CC[C@H](CC(=O)Nc2cnc(-c3ccc(C4(NC(=O)O)CCC4)cc3)c(-c3ccsc3)c2)CC1. The zero-order valence-corrected chi connectivity index (χ0v) is 24.7. The molecule has 2 aliphatic rings. The number of nitrogens with one attached hydrogen (secondary N) is 3. The van der Waals surface area contributed by atoms with Crippen molar-refractivity contribution < 1.29 is 23.1 Å². The number of carbonyl (C=O) groups is 2. The number of benzene rings is 1. The maximum absolute atomic E-state index is 12.9. The van der Waals surface area contributed by atoms with Crippen LogP contribution in [0.2, 0.25) is 0 Å². The van der Waals surface area contributed by atoms with Gasteiger partial charge in [-0.25, -0.2) is 17.9 Å². The van der Waals surface area contributed by atoms with E-state index >= 15 is 0 Å². The summed E-state index contributed by atoms with van der Waals surface area (Å²) in [5, 5.41) is 19.1. The molecule has 0 spiro atoms. The average molecular weight is 597 g/mol. The van der Waals surface area contributed by atoms with Crippen LogP contribution in [0.25, 0.3) is 22.4 Å². The van der Waals surface area contributed by atoms with Gasteiger partial charge in [0.15, 0.2) is 0 Å². The number of sulfonamides is 1. The lowest BCUT2D eigenvalue weighted by Crippen LogP contribution is -2.50. The minimum absolute atomic E-state index is 0.0501. The fourth-order valence-corrected chi connectivity index (χ4v) is 7.43. The molecule has 218 valence electrons. The highest BCUT2D eigenvalue weighted by Crippen LogP contribution is 2.42. The van der Waals surface area contributed by atoms with E-state index in [1.54, 1.807) is 24.5 Å². The average Bonchev–Trinajstić information content (AvgIpc) is 3.47. The Morgan fingerprint density at radius 2 is 1.80 bits per heavy atom. The van der Waals surface area contributed by atoms with E-state index < -0.39 is 21.7 Å². The maximum Gasteiger partial charge on any atom is 0.405 e. The lowest BCUT2D eigenvalue weighted by molar-refractivity contribution is -0.117. The summed E-state index contributed by atoms with van der Waals surface area (Å²) in [4.78, 5) is 29.0. The summed E-state index contributed by atoms with van der Waals surface area (Å²) < 4.78 is 26.5. The van der Waals surface area contributed by atoms with E-state index in [1.165, 1.54) is 0 Å². The highest BCUT2D eigenvalue weighted by Gasteiger charge is 2.40. The van der Waals surface area contributed by atoms with Crippen molar-refractivity contribution in [3.8, 4) is 22.4 Å². The Morgan fingerprint density at radius 1 is 1.07 bits per heavy atom. The van der Waals surface area contributed by atoms with Crippen LogP contribution in [0.3, 0.4) is 0 Å².